The van der Waals surface area contributed by atoms with Crippen molar-refractivity contribution in [1.82, 2.24) is 10.3 Å². The largest absolute Gasteiger partial charge is 0.349 e. The van der Waals surface area contributed by atoms with E-state index in [1.165, 1.54) is 19.3 Å². The third-order valence-corrected chi connectivity index (χ3v) is 4.03. The smallest absolute Gasteiger partial charge is 0.251 e. The summed E-state index contributed by atoms with van der Waals surface area (Å²) < 4.78 is 0. The van der Waals surface area contributed by atoms with Gasteiger partial charge < -0.3 is 5.32 Å². The van der Waals surface area contributed by atoms with E-state index < -0.39 is 0 Å². The zero-order valence-electron chi connectivity index (χ0n) is 12.9. The summed E-state index contributed by atoms with van der Waals surface area (Å²) in [4.78, 5) is 16.0. The molecule has 0 bridgehead atoms. The van der Waals surface area contributed by atoms with Crippen LogP contribution in [-0.4, -0.2) is 16.9 Å². The third kappa shape index (κ3) is 4.62. The Morgan fingerprint density at radius 3 is 2.35 bits per heavy atom. The van der Waals surface area contributed by atoms with Gasteiger partial charge in [-0.2, -0.15) is 0 Å². The van der Waals surface area contributed by atoms with Crippen LogP contribution in [0.25, 0.3) is 0 Å². The molecule has 3 nitrogen and oxygen atoms in total. The SMILES string of the molecule is CC(C)(C)C[C@H]1CC[C@H](NC(=O)c2ccncc2)CC1. The van der Waals surface area contributed by atoms with Crippen LogP contribution < -0.4 is 5.32 Å². The number of pyridine rings is 1. The number of amides is 1. The summed E-state index contributed by atoms with van der Waals surface area (Å²) in [6.07, 6.45) is 9.30. The van der Waals surface area contributed by atoms with Crippen molar-refractivity contribution in [2.45, 2.75) is 58.9 Å². The fourth-order valence-electron chi connectivity index (χ4n) is 3.15. The van der Waals surface area contributed by atoms with Gasteiger partial charge in [0.1, 0.15) is 0 Å². The lowest BCUT2D eigenvalue weighted by molar-refractivity contribution is 0.0917. The second-order valence-electron chi connectivity index (χ2n) is 7.19. The molecular weight excluding hydrogens is 248 g/mol. The first-order valence-electron chi connectivity index (χ1n) is 7.65. The van der Waals surface area contributed by atoms with Gasteiger partial charge in [0.15, 0.2) is 0 Å². The molecule has 2 rings (SSSR count). The van der Waals surface area contributed by atoms with Crippen molar-refractivity contribution in [1.29, 1.82) is 0 Å². The summed E-state index contributed by atoms with van der Waals surface area (Å²) in [5, 5.41) is 3.15. The van der Waals surface area contributed by atoms with Crippen LogP contribution in [-0.2, 0) is 0 Å². The molecule has 1 N–H and O–H groups in total. The van der Waals surface area contributed by atoms with E-state index in [0.717, 1.165) is 18.8 Å². The number of aromatic nitrogens is 1. The first-order valence-corrected chi connectivity index (χ1v) is 7.65. The highest BCUT2D eigenvalue weighted by Crippen LogP contribution is 2.34. The maximum Gasteiger partial charge on any atom is 0.251 e. The molecule has 1 saturated carbocycles. The Morgan fingerprint density at radius 2 is 1.80 bits per heavy atom. The molecule has 0 spiro atoms. The lowest BCUT2D eigenvalue weighted by Gasteiger charge is -2.33. The first kappa shape index (κ1) is 15.0. The molecule has 20 heavy (non-hydrogen) atoms. The topological polar surface area (TPSA) is 42.0 Å². The van der Waals surface area contributed by atoms with Crippen LogP contribution in [0.3, 0.4) is 0 Å². The minimum atomic E-state index is 0.0340. The van der Waals surface area contributed by atoms with Gasteiger partial charge in [0.2, 0.25) is 0 Å². The van der Waals surface area contributed by atoms with Gasteiger partial charge in [0.05, 0.1) is 0 Å². The summed E-state index contributed by atoms with van der Waals surface area (Å²) in [5.41, 5.74) is 1.12. The molecule has 0 saturated heterocycles. The molecule has 1 aliphatic carbocycles. The Morgan fingerprint density at radius 1 is 1.20 bits per heavy atom. The van der Waals surface area contributed by atoms with E-state index in [4.69, 9.17) is 0 Å². The van der Waals surface area contributed by atoms with Gasteiger partial charge in [-0.3, -0.25) is 9.78 Å². The van der Waals surface area contributed by atoms with Gasteiger partial charge in [-0.15, -0.1) is 0 Å². The Hall–Kier alpha value is -1.38. The predicted molar refractivity (Wildman–Crippen MR) is 81.5 cm³/mol. The number of hydrogen-bond donors (Lipinski definition) is 1. The summed E-state index contributed by atoms with van der Waals surface area (Å²) in [6.45, 7) is 6.93. The zero-order valence-corrected chi connectivity index (χ0v) is 12.9. The number of nitrogens with zero attached hydrogens (tertiary/aromatic N) is 1. The van der Waals surface area contributed by atoms with E-state index in [9.17, 15) is 4.79 Å². The molecule has 1 aromatic heterocycles. The summed E-state index contributed by atoms with van der Waals surface area (Å²) >= 11 is 0. The van der Waals surface area contributed by atoms with Crippen LogP contribution in [0, 0.1) is 11.3 Å². The molecule has 1 aliphatic rings. The number of nitrogens with one attached hydrogen (secondary N) is 1. The maximum atomic E-state index is 12.1. The van der Waals surface area contributed by atoms with Crippen molar-refractivity contribution in [3.63, 3.8) is 0 Å². The van der Waals surface area contributed by atoms with E-state index in [1.54, 1.807) is 24.5 Å². The number of carbonyl (C=O) groups excluding carboxylic acids is 1. The fourth-order valence-corrected chi connectivity index (χ4v) is 3.15. The van der Waals surface area contributed by atoms with Crippen molar-refractivity contribution < 1.29 is 4.79 Å². The minimum absolute atomic E-state index is 0.0340. The predicted octanol–water partition coefficient (Wildman–Crippen LogP) is 3.81. The van der Waals surface area contributed by atoms with Gasteiger partial charge in [0.25, 0.3) is 5.91 Å². The van der Waals surface area contributed by atoms with Gasteiger partial charge in [0, 0.05) is 24.0 Å². The van der Waals surface area contributed by atoms with Crippen molar-refractivity contribution in [3.05, 3.63) is 30.1 Å². The van der Waals surface area contributed by atoms with Crippen LogP contribution in [0.1, 0.15) is 63.2 Å². The molecule has 1 amide bonds. The zero-order chi connectivity index (χ0) is 14.6. The molecule has 0 unspecified atom stereocenters. The maximum absolute atomic E-state index is 12.1. The highest BCUT2D eigenvalue weighted by atomic mass is 16.1. The number of carbonyl (C=O) groups is 1. The van der Waals surface area contributed by atoms with E-state index in [1.807, 2.05) is 0 Å². The fraction of sp³-hybridized carbons (Fsp3) is 0.647. The molecule has 3 heteroatoms. The normalized spacial score (nSPS) is 23.4. The quantitative estimate of drug-likeness (QED) is 0.910. The molecule has 1 aromatic rings. The highest BCUT2D eigenvalue weighted by molar-refractivity contribution is 5.94. The van der Waals surface area contributed by atoms with Crippen molar-refractivity contribution in [2.75, 3.05) is 0 Å². The van der Waals surface area contributed by atoms with E-state index in [2.05, 4.69) is 31.1 Å². The van der Waals surface area contributed by atoms with Crippen LogP contribution in [0.4, 0.5) is 0 Å². The van der Waals surface area contributed by atoms with Crippen molar-refractivity contribution in [2.24, 2.45) is 11.3 Å². The van der Waals surface area contributed by atoms with Crippen LogP contribution in [0.5, 0.6) is 0 Å². The minimum Gasteiger partial charge on any atom is -0.349 e. The third-order valence-electron chi connectivity index (χ3n) is 4.03. The summed E-state index contributed by atoms with van der Waals surface area (Å²) in [6, 6.07) is 3.87. The molecule has 0 atom stereocenters. The average Bonchev–Trinajstić information content (AvgIpc) is 2.40. The van der Waals surface area contributed by atoms with Crippen LogP contribution >= 0.6 is 0 Å². The average molecular weight is 274 g/mol. The van der Waals surface area contributed by atoms with Gasteiger partial charge in [-0.1, -0.05) is 20.8 Å². The van der Waals surface area contributed by atoms with Crippen molar-refractivity contribution >= 4 is 5.91 Å². The molecule has 1 heterocycles. The monoisotopic (exact) mass is 274 g/mol. The molecule has 0 radical (unpaired) electrons. The van der Waals surface area contributed by atoms with E-state index in [-0.39, 0.29) is 5.91 Å². The highest BCUT2D eigenvalue weighted by Gasteiger charge is 2.25. The number of rotatable bonds is 3. The standard InChI is InChI=1S/C17H26N2O/c1-17(2,3)12-13-4-6-15(7-5-13)19-16(20)14-8-10-18-11-9-14/h8-11,13,15H,4-7,12H2,1-3H3,(H,19,20)/t13-,15-. The van der Waals surface area contributed by atoms with E-state index in [0.29, 0.717) is 17.0 Å². The molecule has 1 fully saturated rings. The summed E-state index contributed by atoms with van der Waals surface area (Å²) in [7, 11) is 0. The van der Waals surface area contributed by atoms with Crippen LogP contribution in [0.15, 0.2) is 24.5 Å². The van der Waals surface area contributed by atoms with Crippen LogP contribution in [0.2, 0.25) is 0 Å². The van der Waals surface area contributed by atoms with Gasteiger partial charge >= 0.3 is 0 Å². The lowest BCUT2D eigenvalue weighted by Crippen LogP contribution is -2.38. The van der Waals surface area contributed by atoms with Gasteiger partial charge in [-0.25, -0.2) is 0 Å². The molecule has 0 aliphatic heterocycles. The molecule has 0 aromatic carbocycles. The second kappa shape index (κ2) is 6.38. The second-order valence-corrected chi connectivity index (χ2v) is 7.19. The van der Waals surface area contributed by atoms with Gasteiger partial charge in [-0.05, 0) is 55.6 Å². The summed E-state index contributed by atoms with van der Waals surface area (Å²) in [5.74, 6) is 0.857. The Kier molecular flexibility index (Phi) is 4.79. The molecule has 110 valence electrons. The Bertz CT molecular complexity index is 428. The van der Waals surface area contributed by atoms with E-state index >= 15 is 0 Å². The number of hydrogen-bond acceptors (Lipinski definition) is 2. The van der Waals surface area contributed by atoms with Crippen molar-refractivity contribution in [3.8, 4) is 0 Å². The Labute approximate surface area is 122 Å². The first-order chi connectivity index (χ1) is 9.44. The molecular formula is C17H26N2O. The lowest BCUT2D eigenvalue weighted by atomic mass is 9.76. The Balaban J connectivity index is 1.79.